The molecule has 2 aliphatic heterocycles. The number of carbonyl (C=O) groups is 1. The van der Waals surface area contributed by atoms with Gasteiger partial charge in [0.05, 0.1) is 12.8 Å². The highest BCUT2D eigenvalue weighted by Crippen LogP contribution is 2.39. The molecule has 3 atom stereocenters. The number of nitrogens with zero attached hydrogens (tertiary/aromatic N) is 4. The third kappa shape index (κ3) is 7.29. The number of carboxylic acids is 1. The van der Waals surface area contributed by atoms with Crippen molar-refractivity contribution in [1.29, 1.82) is 0 Å². The lowest BCUT2D eigenvalue weighted by molar-refractivity contribution is -0.147. The maximum absolute atomic E-state index is 14.3. The number of likely N-dealkylation sites (tertiary alicyclic amines) is 2. The van der Waals surface area contributed by atoms with Gasteiger partial charge in [-0.3, -0.25) is 14.4 Å². The zero-order valence-corrected chi connectivity index (χ0v) is 26.3. The molecule has 1 N–H and O–H groups in total. The summed E-state index contributed by atoms with van der Waals surface area (Å²) in [4.78, 5) is 17.0. The molecule has 0 radical (unpaired) electrons. The first-order chi connectivity index (χ1) is 20.5. The van der Waals surface area contributed by atoms with Crippen molar-refractivity contribution in [1.82, 2.24) is 19.6 Å². The monoisotopic (exact) mass is 590 g/mol. The maximum Gasteiger partial charge on any atom is 0.321 e. The quantitative estimate of drug-likeness (QED) is 0.311. The summed E-state index contributed by atoms with van der Waals surface area (Å²) in [6, 6.07) is 16.8. The number of piperidine rings is 1. The Bertz CT molecular complexity index is 1390. The summed E-state index contributed by atoms with van der Waals surface area (Å²) in [7, 11) is 1.69. The number of rotatable bonds is 10. The van der Waals surface area contributed by atoms with E-state index < -0.39 is 17.4 Å². The number of aryl methyl sites for hydroxylation is 1. The first kappa shape index (κ1) is 31.2. The zero-order valence-electron chi connectivity index (χ0n) is 26.3. The van der Waals surface area contributed by atoms with Gasteiger partial charge in [0.1, 0.15) is 17.6 Å². The number of methoxy groups -OCH3 is 1. The van der Waals surface area contributed by atoms with Crippen LogP contribution in [0.2, 0.25) is 0 Å². The lowest BCUT2D eigenvalue weighted by Crippen LogP contribution is -2.48. The topological polar surface area (TPSA) is 70.8 Å². The molecule has 8 heteroatoms. The van der Waals surface area contributed by atoms with E-state index in [1.165, 1.54) is 17.3 Å². The molecule has 7 nitrogen and oxygen atoms in total. The van der Waals surface area contributed by atoms with Crippen molar-refractivity contribution >= 4 is 5.97 Å². The molecular weight excluding hydrogens is 543 g/mol. The second kappa shape index (κ2) is 13.2. The van der Waals surface area contributed by atoms with E-state index in [0.717, 1.165) is 62.4 Å². The van der Waals surface area contributed by atoms with E-state index in [9.17, 15) is 14.3 Å². The van der Waals surface area contributed by atoms with Gasteiger partial charge in [-0.1, -0.05) is 45.0 Å². The third-order valence-corrected chi connectivity index (χ3v) is 9.34. The van der Waals surface area contributed by atoms with Crippen LogP contribution in [0.1, 0.15) is 74.9 Å². The summed E-state index contributed by atoms with van der Waals surface area (Å²) >= 11 is 0. The summed E-state index contributed by atoms with van der Waals surface area (Å²) in [5.41, 5.74) is 4.16. The van der Waals surface area contributed by atoms with E-state index in [-0.39, 0.29) is 17.7 Å². The van der Waals surface area contributed by atoms with Crippen molar-refractivity contribution in [3.63, 3.8) is 0 Å². The summed E-state index contributed by atoms with van der Waals surface area (Å²) in [6.45, 7) is 13.2. The van der Waals surface area contributed by atoms with E-state index in [4.69, 9.17) is 9.84 Å². The predicted octanol–water partition coefficient (Wildman–Crippen LogP) is 6.04. The van der Waals surface area contributed by atoms with Crippen LogP contribution in [0.15, 0.2) is 54.6 Å². The minimum Gasteiger partial charge on any atom is -0.497 e. The fourth-order valence-corrected chi connectivity index (χ4v) is 7.38. The van der Waals surface area contributed by atoms with E-state index >= 15 is 0 Å². The van der Waals surface area contributed by atoms with Gasteiger partial charge in [0, 0.05) is 50.1 Å². The van der Waals surface area contributed by atoms with E-state index in [1.54, 1.807) is 19.2 Å². The van der Waals surface area contributed by atoms with Gasteiger partial charge >= 0.3 is 5.97 Å². The first-order valence-electron chi connectivity index (χ1n) is 15.7. The zero-order chi connectivity index (χ0) is 30.7. The van der Waals surface area contributed by atoms with Crippen LogP contribution in [0.4, 0.5) is 4.39 Å². The second-order valence-electron chi connectivity index (χ2n) is 13.5. The Balaban J connectivity index is 1.27. The van der Waals surface area contributed by atoms with Crippen LogP contribution < -0.4 is 4.74 Å². The molecule has 0 aliphatic carbocycles. The molecule has 2 aromatic carbocycles. The van der Waals surface area contributed by atoms with E-state index in [1.807, 2.05) is 39.0 Å². The van der Waals surface area contributed by atoms with Crippen LogP contribution >= 0.6 is 0 Å². The number of ether oxygens (including phenoxy) is 1. The smallest absolute Gasteiger partial charge is 0.321 e. The molecule has 0 unspecified atom stereocenters. The predicted molar refractivity (Wildman–Crippen MR) is 167 cm³/mol. The normalized spacial score (nSPS) is 21.3. The first-order valence-corrected chi connectivity index (χ1v) is 15.7. The lowest BCUT2D eigenvalue weighted by atomic mass is 9.85. The molecule has 2 saturated heterocycles. The van der Waals surface area contributed by atoms with Gasteiger partial charge in [-0.2, -0.15) is 5.10 Å². The molecule has 3 heterocycles. The Morgan fingerprint density at radius 2 is 1.84 bits per heavy atom. The van der Waals surface area contributed by atoms with Gasteiger partial charge in [0.2, 0.25) is 0 Å². The van der Waals surface area contributed by atoms with Gasteiger partial charge in [-0.05, 0) is 85.6 Å². The van der Waals surface area contributed by atoms with Crippen LogP contribution in [-0.2, 0) is 17.8 Å². The highest BCUT2D eigenvalue weighted by Gasteiger charge is 2.44. The van der Waals surface area contributed by atoms with Crippen molar-refractivity contribution in [3.8, 4) is 5.75 Å². The van der Waals surface area contributed by atoms with Crippen molar-refractivity contribution in [3.05, 3.63) is 82.9 Å². The molecule has 43 heavy (non-hydrogen) atoms. The summed E-state index contributed by atoms with van der Waals surface area (Å²) in [5, 5.41) is 15.1. The molecule has 232 valence electrons. The fraction of sp³-hybridized carbons (Fsp3) is 0.543. The van der Waals surface area contributed by atoms with Gasteiger partial charge in [0.25, 0.3) is 0 Å². The minimum absolute atomic E-state index is 0.0957. The Labute approximate surface area is 255 Å². The summed E-state index contributed by atoms with van der Waals surface area (Å²) in [5.74, 6) is 0.627. The lowest BCUT2D eigenvalue weighted by Gasteiger charge is -2.36. The highest BCUT2D eigenvalue weighted by atomic mass is 19.1. The third-order valence-electron chi connectivity index (χ3n) is 9.34. The average Bonchev–Trinajstić information content (AvgIpc) is 3.56. The number of carboxylic acid groups (broad SMARTS) is 1. The van der Waals surface area contributed by atoms with Crippen LogP contribution in [0.3, 0.4) is 0 Å². The van der Waals surface area contributed by atoms with Crippen LogP contribution in [0, 0.1) is 17.2 Å². The molecule has 0 spiro atoms. The molecule has 2 fully saturated rings. The van der Waals surface area contributed by atoms with E-state index in [0.29, 0.717) is 19.0 Å². The second-order valence-corrected chi connectivity index (χ2v) is 13.5. The average molecular weight is 591 g/mol. The number of hydrogen-bond acceptors (Lipinski definition) is 5. The van der Waals surface area contributed by atoms with Gasteiger partial charge < -0.3 is 14.7 Å². The number of aromatic nitrogens is 2. The van der Waals surface area contributed by atoms with Gasteiger partial charge in [0.15, 0.2) is 0 Å². The SMILES string of the molecule is CCn1nc(Cc2cccc(OC)c2)cc1C1CCN(C[C@H]2CN([C@@H](C(=O)O)C(C)(C)C)C[C@@H]2c2cccc(F)c2)CC1. The molecule has 0 saturated carbocycles. The highest BCUT2D eigenvalue weighted by molar-refractivity contribution is 5.74. The fourth-order valence-electron chi connectivity index (χ4n) is 7.38. The van der Waals surface area contributed by atoms with E-state index in [2.05, 4.69) is 39.6 Å². The number of hydrogen-bond donors (Lipinski definition) is 1. The van der Waals surface area contributed by atoms with Crippen molar-refractivity contribution in [2.75, 3.05) is 39.8 Å². The molecule has 0 amide bonds. The van der Waals surface area contributed by atoms with Crippen LogP contribution in [-0.4, -0.2) is 76.5 Å². The molecular formula is C35H47FN4O3. The van der Waals surface area contributed by atoms with Crippen molar-refractivity contribution < 1.29 is 19.0 Å². The van der Waals surface area contributed by atoms with Gasteiger partial charge in [-0.25, -0.2) is 4.39 Å². The molecule has 0 bridgehead atoms. The number of aliphatic carboxylic acids is 1. The standard InChI is InChI=1S/C35H47FN4O3/c1-6-40-32(20-29(37-40)17-24-9-7-12-30(18-24)43-5)25-13-15-38(16-14-25)21-27-22-39(33(34(41)42)35(2,3)4)23-31(27)26-10-8-11-28(36)19-26/h7-12,18-20,25,27,31,33H,6,13-17,21-23H2,1-5H3,(H,41,42)/t27-,31+,33-/m0/s1. The molecule has 5 rings (SSSR count). The van der Waals surface area contributed by atoms with Crippen molar-refractivity contribution in [2.45, 2.75) is 71.4 Å². The Kier molecular flexibility index (Phi) is 9.57. The molecule has 1 aromatic heterocycles. The Hall–Kier alpha value is -3.23. The minimum atomic E-state index is -0.787. The number of halogens is 1. The largest absolute Gasteiger partial charge is 0.497 e. The Morgan fingerprint density at radius 3 is 2.49 bits per heavy atom. The summed E-state index contributed by atoms with van der Waals surface area (Å²) < 4.78 is 21.8. The molecule has 2 aliphatic rings. The van der Waals surface area contributed by atoms with Crippen molar-refractivity contribution in [2.24, 2.45) is 11.3 Å². The molecule has 3 aromatic rings. The van der Waals surface area contributed by atoms with Crippen LogP contribution in [0.25, 0.3) is 0 Å². The number of benzene rings is 2. The maximum atomic E-state index is 14.3. The van der Waals surface area contributed by atoms with Crippen LogP contribution in [0.5, 0.6) is 5.75 Å². The van der Waals surface area contributed by atoms with Gasteiger partial charge in [-0.15, -0.1) is 0 Å². The summed E-state index contributed by atoms with van der Waals surface area (Å²) in [6.07, 6.45) is 2.90. The Morgan fingerprint density at radius 1 is 1.09 bits per heavy atom.